The minimum atomic E-state index is 0.477. The maximum atomic E-state index is 5.23. The van der Waals surface area contributed by atoms with Crippen molar-refractivity contribution in [1.29, 1.82) is 0 Å². The third-order valence-electron chi connectivity index (χ3n) is 2.86. The molecule has 2 heterocycles. The normalized spacial score (nSPS) is 11.1. The first-order valence-corrected chi connectivity index (χ1v) is 7.48. The van der Waals surface area contributed by atoms with Crippen molar-refractivity contribution in [3.05, 3.63) is 63.3 Å². The molecule has 0 aliphatic heterocycles. The number of hydrogen-bond acceptors (Lipinski definition) is 4. The molecular weight excluding hydrogens is 377 g/mol. The van der Waals surface area contributed by atoms with E-state index in [1.165, 1.54) is 3.57 Å². The van der Waals surface area contributed by atoms with E-state index in [4.69, 9.17) is 4.52 Å². The Labute approximate surface area is 136 Å². The summed E-state index contributed by atoms with van der Waals surface area (Å²) in [6, 6.07) is 10.0. The van der Waals surface area contributed by atoms with E-state index in [-0.39, 0.29) is 0 Å². The minimum absolute atomic E-state index is 0.477. The summed E-state index contributed by atoms with van der Waals surface area (Å²) in [4.78, 5) is 8.50. The zero-order valence-corrected chi connectivity index (χ0v) is 13.5. The number of benzene rings is 1. The van der Waals surface area contributed by atoms with Crippen molar-refractivity contribution in [3.63, 3.8) is 0 Å². The van der Waals surface area contributed by atoms with E-state index in [0.29, 0.717) is 11.7 Å². The maximum Gasteiger partial charge on any atom is 0.250 e. The summed E-state index contributed by atoms with van der Waals surface area (Å²) in [5, 5.41) is 3.99. The largest absolute Gasteiger partial charge is 0.334 e. The zero-order valence-electron chi connectivity index (χ0n) is 11.3. The van der Waals surface area contributed by atoms with E-state index >= 15 is 0 Å². The molecule has 0 aliphatic rings. The number of halogens is 1. The van der Waals surface area contributed by atoms with Gasteiger partial charge in [0.05, 0.1) is 0 Å². The summed E-state index contributed by atoms with van der Waals surface area (Å²) in [5.74, 6) is 1.07. The fourth-order valence-electron chi connectivity index (χ4n) is 1.86. The predicted molar refractivity (Wildman–Crippen MR) is 90.4 cm³/mol. The molecule has 0 atom stereocenters. The van der Waals surface area contributed by atoms with Crippen molar-refractivity contribution >= 4 is 34.7 Å². The predicted octanol–water partition coefficient (Wildman–Crippen LogP) is 4.22. The van der Waals surface area contributed by atoms with Crippen LogP contribution in [0.2, 0.25) is 0 Å². The van der Waals surface area contributed by atoms with Crippen molar-refractivity contribution in [3.8, 4) is 11.4 Å². The third kappa shape index (κ3) is 3.55. The second-order valence-corrected chi connectivity index (χ2v) is 5.84. The molecule has 0 amide bonds. The monoisotopic (exact) mass is 389 g/mol. The fourth-order valence-corrected chi connectivity index (χ4v) is 2.22. The van der Waals surface area contributed by atoms with Crippen LogP contribution in [0.1, 0.15) is 17.0 Å². The molecule has 21 heavy (non-hydrogen) atoms. The molecule has 3 aromatic rings. The molecule has 3 rings (SSSR count). The standard InChI is InChI=1S/C16H12IN3O/c1-11-8-12(10-18-9-11)2-7-15-19-16(20-21-15)13-3-5-14(17)6-4-13/h2-10H,1H3/b7-2+. The summed E-state index contributed by atoms with van der Waals surface area (Å²) in [5.41, 5.74) is 3.06. The second kappa shape index (κ2) is 6.17. The van der Waals surface area contributed by atoms with Gasteiger partial charge in [-0.05, 0) is 64.9 Å². The average Bonchev–Trinajstić information content (AvgIpc) is 2.95. The molecule has 2 aromatic heterocycles. The highest BCUT2D eigenvalue weighted by Crippen LogP contribution is 2.18. The first-order valence-electron chi connectivity index (χ1n) is 6.40. The van der Waals surface area contributed by atoms with Gasteiger partial charge >= 0.3 is 0 Å². The van der Waals surface area contributed by atoms with Gasteiger partial charge < -0.3 is 4.52 Å². The molecule has 4 nitrogen and oxygen atoms in total. The van der Waals surface area contributed by atoms with Crippen molar-refractivity contribution < 1.29 is 4.52 Å². The van der Waals surface area contributed by atoms with Crippen molar-refractivity contribution in [1.82, 2.24) is 15.1 Å². The van der Waals surface area contributed by atoms with Crippen LogP contribution in [-0.4, -0.2) is 15.1 Å². The van der Waals surface area contributed by atoms with Gasteiger partial charge in [-0.3, -0.25) is 4.98 Å². The molecule has 0 saturated heterocycles. The van der Waals surface area contributed by atoms with Gasteiger partial charge in [0.15, 0.2) is 0 Å². The Balaban J connectivity index is 1.80. The molecular formula is C16H12IN3O. The maximum absolute atomic E-state index is 5.23. The number of aryl methyl sites for hydroxylation is 1. The van der Waals surface area contributed by atoms with Gasteiger partial charge in [0.1, 0.15) is 0 Å². The third-order valence-corrected chi connectivity index (χ3v) is 3.58. The van der Waals surface area contributed by atoms with E-state index in [2.05, 4.69) is 37.7 Å². The van der Waals surface area contributed by atoms with E-state index in [0.717, 1.165) is 16.7 Å². The summed E-state index contributed by atoms with van der Waals surface area (Å²) in [6.45, 7) is 2.01. The van der Waals surface area contributed by atoms with Crippen LogP contribution >= 0.6 is 22.6 Å². The number of rotatable bonds is 3. The van der Waals surface area contributed by atoms with E-state index in [9.17, 15) is 0 Å². The molecule has 0 N–H and O–H groups in total. The summed E-state index contributed by atoms with van der Waals surface area (Å²) >= 11 is 2.26. The molecule has 0 unspecified atom stereocenters. The Morgan fingerprint density at radius 2 is 1.90 bits per heavy atom. The summed E-state index contributed by atoms with van der Waals surface area (Å²) < 4.78 is 6.40. The molecule has 1 aromatic carbocycles. The van der Waals surface area contributed by atoms with Crippen LogP contribution in [0.25, 0.3) is 23.5 Å². The van der Waals surface area contributed by atoms with Crippen molar-refractivity contribution in [2.24, 2.45) is 0 Å². The summed E-state index contributed by atoms with van der Waals surface area (Å²) in [7, 11) is 0. The van der Waals surface area contributed by atoms with Crippen LogP contribution in [0.4, 0.5) is 0 Å². The van der Waals surface area contributed by atoms with Gasteiger partial charge in [0.25, 0.3) is 5.89 Å². The lowest BCUT2D eigenvalue weighted by atomic mass is 10.2. The van der Waals surface area contributed by atoms with Crippen molar-refractivity contribution in [2.45, 2.75) is 6.92 Å². The lowest BCUT2D eigenvalue weighted by Crippen LogP contribution is -1.81. The Morgan fingerprint density at radius 1 is 1.10 bits per heavy atom. The Morgan fingerprint density at radius 3 is 2.67 bits per heavy atom. The second-order valence-electron chi connectivity index (χ2n) is 4.59. The molecule has 0 aliphatic carbocycles. The fraction of sp³-hybridized carbons (Fsp3) is 0.0625. The first-order chi connectivity index (χ1) is 10.2. The van der Waals surface area contributed by atoms with Crippen LogP contribution in [0.15, 0.2) is 47.2 Å². The van der Waals surface area contributed by atoms with Gasteiger partial charge in [0, 0.05) is 27.6 Å². The Bertz CT molecular complexity index is 778. The zero-order chi connectivity index (χ0) is 14.7. The van der Waals surface area contributed by atoms with E-state index < -0.39 is 0 Å². The lowest BCUT2D eigenvalue weighted by molar-refractivity contribution is 0.411. The molecule has 104 valence electrons. The minimum Gasteiger partial charge on any atom is -0.334 e. The highest BCUT2D eigenvalue weighted by Gasteiger charge is 2.06. The highest BCUT2D eigenvalue weighted by molar-refractivity contribution is 14.1. The smallest absolute Gasteiger partial charge is 0.250 e. The number of aromatic nitrogens is 3. The SMILES string of the molecule is Cc1cncc(/C=C/c2nc(-c3ccc(I)cc3)no2)c1. The molecule has 0 bridgehead atoms. The number of pyridine rings is 1. The molecule has 5 heteroatoms. The quantitative estimate of drug-likeness (QED) is 0.630. The molecule has 0 saturated carbocycles. The summed E-state index contributed by atoms with van der Waals surface area (Å²) in [6.07, 6.45) is 7.31. The highest BCUT2D eigenvalue weighted by atomic mass is 127. The molecule has 0 radical (unpaired) electrons. The van der Waals surface area contributed by atoms with Gasteiger partial charge in [-0.1, -0.05) is 17.3 Å². The average molecular weight is 389 g/mol. The van der Waals surface area contributed by atoms with Crippen LogP contribution < -0.4 is 0 Å². The lowest BCUT2D eigenvalue weighted by Gasteiger charge is -1.93. The van der Waals surface area contributed by atoms with E-state index in [1.807, 2.05) is 49.5 Å². The Kier molecular flexibility index (Phi) is 4.10. The number of hydrogen-bond donors (Lipinski definition) is 0. The van der Waals surface area contributed by atoms with Gasteiger partial charge in [-0.15, -0.1) is 0 Å². The Hall–Kier alpha value is -2.02. The van der Waals surface area contributed by atoms with Crippen molar-refractivity contribution in [2.75, 3.05) is 0 Å². The topological polar surface area (TPSA) is 51.8 Å². The first kappa shape index (κ1) is 13.9. The number of nitrogens with zero attached hydrogens (tertiary/aromatic N) is 3. The van der Waals surface area contributed by atoms with Gasteiger partial charge in [-0.25, -0.2) is 0 Å². The van der Waals surface area contributed by atoms with E-state index in [1.54, 1.807) is 12.3 Å². The molecule has 0 spiro atoms. The van der Waals surface area contributed by atoms with Crippen LogP contribution in [-0.2, 0) is 0 Å². The van der Waals surface area contributed by atoms with Crippen LogP contribution in [0.3, 0.4) is 0 Å². The molecule has 0 fully saturated rings. The van der Waals surface area contributed by atoms with Crippen LogP contribution in [0, 0.1) is 10.5 Å². The van der Waals surface area contributed by atoms with Gasteiger partial charge in [0.2, 0.25) is 5.82 Å². The van der Waals surface area contributed by atoms with Crippen LogP contribution in [0.5, 0.6) is 0 Å². The van der Waals surface area contributed by atoms with Gasteiger partial charge in [-0.2, -0.15) is 4.98 Å².